The molecule has 0 aliphatic rings. The van der Waals surface area contributed by atoms with Crippen LogP contribution >= 0.6 is 35.0 Å². The van der Waals surface area contributed by atoms with Crippen molar-refractivity contribution in [3.05, 3.63) is 57.8 Å². The standard InChI is InChI=1S/C13H10Cl2FNS/c14-9-4-5-10(15)12(6-9)18-13-8(7-17)2-1-3-11(13)16/h1-6H,7,17H2. The summed E-state index contributed by atoms with van der Waals surface area (Å²) >= 11 is 13.2. The van der Waals surface area contributed by atoms with Gasteiger partial charge in [-0.25, -0.2) is 4.39 Å². The van der Waals surface area contributed by atoms with Crippen molar-refractivity contribution in [1.82, 2.24) is 0 Å². The van der Waals surface area contributed by atoms with E-state index in [-0.39, 0.29) is 12.4 Å². The molecule has 0 heterocycles. The van der Waals surface area contributed by atoms with Gasteiger partial charge in [-0.1, -0.05) is 47.1 Å². The average Bonchev–Trinajstić information content (AvgIpc) is 2.36. The molecule has 5 heteroatoms. The fraction of sp³-hybridized carbons (Fsp3) is 0.0769. The summed E-state index contributed by atoms with van der Waals surface area (Å²) in [6.45, 7) is 0.276. The highest BCUT2D eigenvalue weighted by Gasteiger charge is 2.11. The lowest BCUT2D eigenvalue weighted by Crippen LogP contribution is -1.99. The molecule has 0 aliphatic heterocycles. The Labute approximate surface area is 119 Å². The van der Waals surface area contributed by atoms with E-state index in [9.17, 15) is 4.39 Å². The van der Waals surface area contributed by atoms with Gasteiger partial charge in [0.05, 0.1) is 9.92 Å². The smallest absolute Gasteiger partial charge is 0.137 e. The van der Waals surface area contributed by atoms with Gasteiger partial charge in [-0.3, -0.25) is 0 Å². The summed E-state index contributed by atoms with van der Waals surface area (Å²) in [6, 6.07) is 9.93. The van der Waals surface area contributed by atoms with Crippen molar-refractivity contribution in [2.45, 2.75) is 16.3 Å². The summed E-state index contributed by atoms with van der Waals surface area (Å²) in [5, 5.41) is 1.10. The first-order valence-electron chi connectivity index (χ1n) is 5.22. The molecule has 0 saturated carbocycles. The highest BCUT2D eigenvalue weighted by atomic mass is 35.5. The highest BCUT2D eigenvalue weighted by molar-refractivity contribution is 7.99. The van der Waals surface area contributed by atoms with Crippen LogP contribution < -0.4 is 5.73 Å². The molecule has 0 fully saturated rings. The van der Waals surface area contributed by atoms with Crippen LogP contribution in [0.4, 0.5) is 4.39 Å². The number of hydrogen-bond acceptors (Lipinski definition) is 2. The number of benzene rings is 2. The van der Waals surface area contributed by atoms with Gasteiger partial charge in [0.25, 0.3) is 0 Å². The van der Waals surface area contributed by atoms with Gasteiger partial charge in [0.2, 0.25) is 0 Å². The van der Waals surface area contributed by atoms with Crippen molar-refractivity contribution in [2.24, 2.45) is 5.73 Å². The molecular weight excluding hydrogens is 292 g/mol. The van der Waals surface area contributed by atoms with Crippen molar-refractivity contribution >= 4 is 35.0 Å². The Balaban J connectivity index is 2.42. The Morgan fingerprint density at radius 2 is 1.94 bits per heavy atom. The average molecular weight is 302 g/mol. The zero-order valence-electron chi connectivity index (χ0n) is 9.29. The fourth-order valence-corrected chi connectivity index (χ4v) is 2.98. The second kappa shape index (κ2) is 5.93. The van der Waals surface area contributed by atoms with Crippen molar-refractivity contribution in [2.75, 3.05) is 0 Å². The fourth-order valence-electron chi connectivity index (χ4n) is 1.49. The number of nitrogens with two attached hydrogens (primary N) is 1. The first-order valence-corrected chi connectivity index (χ1v) is 6.79. The molecule has 2 N–H and O–H groups in total. The van der Waals surface area contributed by atoms with Gasteiger partial charge < -0.3 is 5.73 Å². The van der Waals surface area contributed by atoms with E-state index in [4.69, 9.17) is 28.9 Å². The monoisotopic (exact) mass is 301 g/mol. The van der Waals surface area contributed by atoms with Crippen LogP contribution in [-0.2, 0) is 6.54 Å². The van der Waals surface area contributed by atoms with Crippen LogP contribution in [0.3, 0.4) is 0 Å². The normalized spacial score (nSPS) is 10.7. The van der Waals surface area contributed by atoms with E-state index in [0.29, 0.717) is 19.8 Å². The lowest BCUT2D eigenvalue weighted by Gasteiger charge is -2.10. The Bertz CT molecular complexity index is 575. The van der Waals surface area contributed by atoms with E-state index in [1.54, 1.807) is 30.3 Å². The van der Waals surface area contributed by atoms with E-state index in [0.717, 1.165) is 5.56 Å². The number of hydrogen-bond donors (Lipinski definition) is 1. The maximum Gasteiger partial charge on any atom is 0.137 e. The molecule has 1 nitrogen and oxygen atoms in total. The van der Waals surface area contributed by atoms with E-state index in [1.165, 1.54) is 17.8 Å². The van der Waals surface area contributed by atoms with Gasteiger partial charge in [-0.15, -0.1) is 0 Å². The van der Waals surface area contributed by atoms with Gasteiger partial charge in [0.15, 0.2) is 0 Å². The molecule has 0 aromatic heterocycles. The molecule has 2 rings (SSSR count). The Morgan fingerprint density at radius 3 is 2.67 bits per heavy atom. The molecule has 94 valence electrons. The van der Waals surface area contributed by atoms with Crippen molar-refractivity contribution in [3.63, 3.8) is 0 Å². The van der Waals surface area contributed by atoms with Crippen molar-refractivity contribution in [1.29, 1.82) is 0 Å². The molecule has 0 radical (unpaired) electrons. The molecule has 0 aliphatic carbocycles. The Kier molecular flexibility index (Phi) is 4.51. The van der Waals surface area contributed by atoms with E-state index < -0.39 is 0 Å². The van der Waals surface area contributed by atoms with Crippen LogP contribution in [0.5, 0.6) is 0 Å². The second-order valence-electron chi connectivity index (χ2n) is 3.61. The molecule has 18 heavy (non-hydrogen) atoms. The lowest BCUT2D eigenvalue weighted by molar-refractivity contribution is 0.597. The SMILES string of the molecule is NCc1cccc(F)c1Sc1cc(Cl)ccc1Cl. The molecule has 0 saturated heterocycles. The quantitative estimate of drug-likeness (QED) is 0.886. The predicted molar refractivity (Wildman–Crippen MR) is 74.9 cm³/mol. The maximum atomic E-state index is 13.8. The number of halogens is 3. The molecule has 0 amide bonds. The molecule has 0 bridgehead atoms. The third-order valence-corrected chi connectivity index (χ3v) is 4.27. The molecule has 0 spiro atoms. The largest absolute Gasteiger partial charge is 0.326 e. The third kappa shape index (κ3) is 2.98. The summed E-state index contributed by atoms with van der Waals surface area (Å²) in [5.74, 6) is -0.306. The zero-order valence-corrected chi connectivity index (χ0v) is 11.6. The van der Waals surface area contributed by atoms with Crippen LogP contribution in [0.1, 0.15) is 5.56 Å². The summed E-state index contributed by atoms with van der Waals surface area (Å²) in [4.78, 5) is 1.20. The number of rotatable bonds is 3. The van der Waals surface area contributed by atoms with Crippen molar-refractivity contribution < 1.29 is 4.39 Å². The summed E-state index contributed by atoms with van der Waals surface area (Å²) in [6.07, 6.45) is 0. The van der Waals surface area contributed by atoms with Crippen LogP contribution in [0.25, 0.3) is 0 Å². The topological polar surface area (TPSA) is 26.0 Å². The second-order valence-corrected chi connectivity index (χ2v) is 5.50. The predicted octanol–water partition coefficient (Wildman–Crippen LogP) is 4.74. The van der Waals surface area contributed by atoms with Gasteiger partial charge in [-0.2, -0.15) is 0 Å². The summed E-state index contributed by atoms with van der Waals surface area (Å²) in [7, 11) is 0. The van der Waals surface area contributed by atoms with Crippen LogP contribution in [0.15, 0.2) is 46.2 Å². The minimum atomic E-state index is -0.306. The minimum absolute atomic E-state index is 0.276. The van der Waals surface area contributed by atoms with Crippen LogP contribution in [0.2, 0.25) is 10.0 Å². The Morgan fingerprint density at radius 1 is 1.17 bits per heavy atom. The summed E-state index contributed by atoms with van der Waals surface area (Å²) in [5.41, 5.74) is 6.35. The maximum absolute atomic E-state index is 13.8. The minimum Gasteiger partial charge on any atom is -0.326 e. The molecule has 2 aromatic carbocycles. The van der Waals surface area contributed by atoms with Gasteiger partial charge in [-0.05, 0) is 29.8 Å². The lowest BCUT2D eigenvalue weighted by atomic mass is 10.2. The highest BCUT2D eigenvalue weighted by Crippen LogP contribution is 2.37. The molecular formula is C13H10Cl2FNS. The van der Waals surface area contributed by atoms with Gasteiger partial charge in [0, 0.05) is 16.5 Å². The van der Waals surface area contributed by atoms with Crippen molar-refractivity contribution in [3.8, 4) is 0 Å². The van der Waals surface area contributed by atoms with E-state index >= 15 is 0 Å². The van der Waals surface area contributed by atoms with Gasteiger partial charge in [0.1, 0.15) is 5.82 Å². The van der Waals surface area contributed by atoms with Gasteiger partial charge >= 0.3 is 0 Å². The molecule has 2 aromatic rings. The summed E-state index contributed by atoms with van der Waals surface area (Å²) < 4.78 is 13.8. The van der Waals surface area contributed by atoms with Crippen LogP contribution in [0, 0.1) is 5.82 Å². The van der Waals surface area contributed by atoms with E-state index in [2.05, 4.69) is 0 Å². The van der Waals surface area contributed by atoms with Crippen LogP contribution in [-0.4, -0.2) is 0 Å². The Hall–Kier alpha value is -0.740. The molecule has 0 atom stereocenters. The third-order valence-electron chi connectivity index (χ3n) is 2.37. The molecule has 0 unspecified atom stereocenters. The first-order chi connectivity index (χ1) is 8.61. The zero-order chi connectivity index (χ0) is 13.1. The first kappa shape index (κ1) is 13.7. The van der Waals surface area contributed by atoms with E-state index in [1.807, 2.05) is 0 Å².